The van der Waals surface area contributed by atoms with E-state index in [2.05, 4.69) is 103 Å². The molecule has 7 heteroatoms. The van der Waals surface area contributed by atoms with Gasteiger partial charge in [-0.25, -0.2) is 0 Å². The Morgan fingerprint density at radius 2 is 1.46 bits per heavy atom. The first-order valence-corrected chi connectivity index (χ1v) is 19.3. The SMILES string of the molecule is C[Si](C)(C1C2C=CC=CC2C2C=CC=CC21)N1C[N-]C2C(c3ccccc3)=CC=N[C@H]21.[CH3-].[Cl][Ti][Cl]. The topological polar surface area (TPSA) is 29.7 Å². The number of allylic oxidation sites excluding steroid dienone is 9. The van der Waals surface area contributed by atoms with Crippen LogP contribution in [-0.4, -0.2) is 37.9 Å². The van der Waals surface area contributed by atoms with Crippen molar-refractivity contribution in [3.8, 4) is 0 Å². The number of aliphatic imine (C=N–C) groups is 1. The fourth-order valence-corrected chi connectivity index (χ4v) is 11.1. The molecule has 3 nitrogen and oxygen atoms in total. The van der Waals surface area contributed by atoms with E-state index in [0.717, 1.165) is 6.67 Å². The zero-order valence-corrected chi connectivity index (χ0v) is 24.6. The fraction of sp³-hybridized carbons (Fsp3) is 0.357. The molecule has 0 radical (unpaired) electrons. The van der Waals surface area contributed by atoms with Crippen LogP contribution in [0.15, 0.2) is 90.0 Å². The first-order chi connectivity index (χ1) is 16.6. The molecule has 3 aliphatic carbocycles. The van der Waals surface area contributed by atoms with Crippen LogP contribution in [0.4, 0.5) is 0 Å². The van der Waals surface area contributed by atoms with Crippen molar-refractivity contribution in [2.45, 2.75) is 30.8 Å². The number of hydrogen-bond donors (Lipinski definition) is 0. The molecule has 1 aromatic carbocycles. The first-order valence-electron chi connectivity index (χ1n) is 12.0. The molecule has 2 heterocycles. The molecule has 35 heavy (non-hydrogen) atoms. The average molecular weight is 558 g/mol. The molecule has 1 saturated carbocycles. The Kier molecular flexibility index (Phi) is 8.97. The summed E-state index contributed by atoms with van der Waals surface area (Å²) in [6.07, 6.45) is 23.3. The van der Waals surface area contributed by atoms with Crippen molar-refractivity contribution < 1.29 is 17.0 Å². The number of rotatable bonds is 3. The fourth-order valence-electron chi connectivity index (χ4n) is 6.84. The van der Waals surface area contributed by atoms with Gasteiger partial charge >= 0.3 is 35.6 Å². The summed E-state index contributed by atoms with van der Waals surface area (Å²) in [7, 11) is 7.91. The number of dihydropyridines is 1. The van der Waals surface area contributed by atoms with Gasteiger partial charge in [-0.15, -0.1) is 0 Å². The van der Waals surface area contributed by atoms with E-state index in [9.17, 15) is 0 Å². The van der Waals surface area contributed by atoms with E-state index in [1.807, 2.05) is 6.21 Å². The van der Waals surface area contributed by atoms with E-state index < -0.39 is 25.3 Å². The molecule has 6 atom stereocenters. The van der Waals surface area contributed by atoms with Gasteiger partial charge in [0.05, 0.1) is 6.17 Å². The number of nitrogens with zero attached hydrogens (tertiary/aromatic N) is 3. The molecule has 2 aliphatic heterocycles. The van der Waals surface area contributed by atoms with Crippen molar-refractivity contribution >= 4 is 38.6 Å². The van der Waals surface area contributed by atoms with Crippen molar-refractivity contribution in [2.24, 2.45) is 28.7 Å². The van der Waals surface area contributed by atoms with Gasteiger partial charge in [0.15, 0.2) is 0 Å². The predicted molar refractivity (Wildman–Crippen MR) is 150 cm³/mol. The molecule has 5 unspecified atom stereocenters. The number of halogens is 2. The molecular weight excluding hydrogens is 525 g/mol. The maximum absolute atomic E-state index is 5.16. The third kappa shape index (κ3) is 4.96. The standard InChI is InChI=1S/C27H30N3Si.CH3.2ClH.Ti/c1-31(2,26-23-14-8-6-12-21(23)22-13-7-9-15-24(22)26)30-18-29-25-20(16-17-28-27(25)30)19-10-4-3-5-11-19;;;;/h3-17,21-27H,18H2,1-2H3;1H3;2*1H;/q2*-1;;;+2/p-2/t21?,22?,23?,24?,25?,26?,27-;;;;/m0..../s1. The Hall–Kier alpha value is -0.979. The molecule has 2 fully saturated rings. The molecular formula is C28H33Cl2N3SiTi-2. The Morgan fingerprint density at radius 3 is 2.03 bits per heavy atom. The van der Waals surface area contributed by atoms with Gasteiger partial charge in [-0.1, -0.05) is 110 Å². The average Bonchev–Trinajstić information content (AvgIpc) is 3.45. The molecule has 0 aromatic heterocycles. The van der Waals surface area contributed by atoms with E-state index in [-0.39, 0.29) is 19.6 Å². The molecule has 1 saturated heterocycles. The van der Waals surface area contributed by atoms with Crippen molar-refractivity contribution in [1.82, 2.24) is 4.57 Å². The van der Waals surface area contributed by atoms with Crippen molar-refractivity contribution in [3.05, 3.63) is 103 Å². The van der Waals surface area contributed by atoms with E-state index in [1.165, 1.54) is 11.1 Å². The normalized spacial score (nSPS) is 34.2. The van der Waals surface area contributed by atoms with Crippen LogP contribution >= 0.6 is 18.6 Å². The summed E-state index contributed by atoms with van der Waals surface area (Å²) in [5.41, 5.74) is 3.26. The third-order valence-corrected chi connectivity index (χ3v) is 12.5. The van der Waals surface area contributed by atoms with Crippen LogP contribution in [0, 0.1) is 31.1 Å². The van der Waals surface area contributed by atoms with Crippen molar-refractivity contribution in [2.75, 3.05) is 6.67 Å². The summed E-state index contributed by atoms with van der Waals surface area (Å²) >= 11 is -0.556. The van der Waals surface area contributed by atoms with Gasteiger partial charge in [0, 0.05) is 6.21 Å². The second-order valence-corrected chi connectivity index (χ2v) is 17.2. The molecule has 0 N–H and O–H groups in total. The Morgan fingerprint density at radius 1 is 0.914 bits per heavy atom. The molecule has 1 aromatic rings. The van der Waals surface area contributed by atoms with E-state index in [1.54, 1.807) is 0 Å². The maximum atomic E-state index is 5.16. The van der Waals surface area contributed by atoms with Crippen molar-refractivity contribution in [1.29, 1.82) is 0 Å². The Balaban J connectivity index is 0.000000689. The zero-order valence-electron chi connectivity index (χ0n) is 20.5. The van der Waals surface area contributed by atoms with Crippen LogP contribution in [0.5, 0.6) is 0 Å². The third-order valence-electron chi connectivity index (χ3n) is 8.23. The predicted octanol–water partition coefficient (Wildman–Crippen LogP) is 7.63. The van der Waals surface area contributed by atoms with Gasteiger partial charge in [-0.05, 0) is 40.9 Å². The molecule has 0 bridgehead atoms. The number of benzene rings is 1. The minimum atomic E-state index is -1.86. The van der Waals surface area contributed by atoms with Gasteiger partial charge < -0.3 is 17.3 Å². The summed E-state index contributed by atoms with van der Waals surface area (Å²) in [6, 6.07) is 10.9. The first kappa shape index (κ1) is 27.1. The summed E-state index contributed by atoms with van der Waals surface area (Å²) in [5.74, 6) is 2.48. The van der Waals surface area contributed by atoms with Crippen LogP contribution < -0.4 is 0 Å². The minimum absolute atomic E-state index is 0. The molecule has 184 valence electrons. The van der Waals surface area contributed by atoms with Crippen molar-refractivity contribution in [3.63, 3.8) is 0 Å². The van der Waals surface area contributed by atoms with E-state index >= 15 is 0 Å². The van der Waals surface area contributed by atoms with Crippen LogP contribution in [0.1, 0.15) is 5.56 Å². The summed E-state index contributed by atoms with van der Waals surface area (Å²) in [4.78, 5) is 5.00. The van der Waals surface area contributed by atoms with Gasteiger partial charge in [-0.2, -0.15) is 0 Å². The van der Waals surface area contributed by atoms with Crippen LogP contribution in [0.3, 0.4) is 0 Å². The quantitative estimate of drug-likeness (QED) is 0.277. The summed E-state index contributed by atoms with van der Waals surface area (Å²) in [5, 5.41) is 5.16. The summed E-state index contributed by atoms with van der Waals surface area (Å²) < 4.78 is 2.71. The van der Waals surface area contributed by atoms with Gasteiger partial charge in [-0.3, -0.25) is 4.99 Å². The summed E-state index contributed by atoms with van der Waals surface area (Å²) in [6.45, 7) is 5.95. The second-order valence-electron chi connectivity index (χ2n) is 10.0. The van der Waals surface area contributed by atoms with Gasteiger partial charge in [0.2, 0.25) is 0 Å². The van der Waals surface area contributed by atoms with E-state index in [4.69, 9.17) is 28.9 Å². The van der Waals surface area contributed by atoms with E-state index in [0.29, 0.717) is 29.2 Å². The second kappa shape index (κ2) is 11.6. The van der Waals surface area contributed by atoms with Crippen LogP contribution in [-0.2, 0) is 17.0 Å². The Bertz CT molecular complexity index is 1030. The van der Waals surface area contributed by atoms with Crippen LogP contribution in [0.25, 0.3) is 10.9 Å². The monoisotopic (exact) mass is 557 g/mol. The Labute approximate surface area is 228 Å². The molecule has 5 aliphatic rings. The van der Waals surface area contributed by atoms with Gasteiger partial charge in [0.1, 0.15) is 8.24 Å². The number of hydrogen-bond acceptors (Lipinski definition) is 2. The van der Waals surface area contributed by atoms with Gasteiger partial charge in [0.25, 0.3) is 0 Å². The molecule has 0 amide bonds. The van der Waals surface area contributed by atoms with Crippen LogP contribution in [0.2, 0.25) is 18.6 Å². The molecule has 6 rings (SSSR count). The number of fused-ring (bicyclic) bond motifs is 4. The molecule has 0 spiro atoms. The zero-order chi connectivity index (χ0) is 23.7.